The van der Waals surface area contributed by atoms with Gasteiger partial charge in [-0.3, -0.25) is 28.8 Å². The quantitative estimate of drug-likeness (QED) is 0.0608. The normalized spacial score (nSPS) is 20.1. The molecule has 10 bridgehead atoms. The van der Waals surface area contributed by atoms with Crippen molar-refractivity contribution in [1.29, 1.82) is 0 Å². The minimum absolute atomic E-state index is 0.0641. The van der Waals surface area contributed by atoms with Crippen LogP contribution >= 0.6 is 0 Å². The molecule has 0 aliphatic carbocycles. The van der Waals surface area contributed by atoms with E-state index in [9.17, 15) is 28.8 Å². The van der Waals surface area contributed by atoms with Crippen LogP contribution in [0.5, 0.6) is 34.5 Å². The van der Waals surface area contributed by atoms with Crippen LogP contribution in [0.4, 0.5) is 0 Å². The van der Waals surface area contributed by atoms with Gasteiger partial charge >= 0.3 is 0 Å². The molecular weight excluding hydrogens is 1470 g/mol. The zero-order valence-electron chi connectivity index (χ0n) is 65.6. The summed E-state index contributed by atoms with van der Waals surface area (Å²) >= 11 is 0. The number of hydrogen-bond donors (Lipinski definition) is 6. The van der Waals surface area contributed by atoms with Gasteiger partial charge in [-0.1, -0.05) is 118 Å². The molecule has 0 radical (unpaired) electrons. The summed E-state index contributed by atoms with van der Waals surface area (Å²) in [6, 6.07) is 35.3. The van der Waals surface area contributed by atoms with E-state index in [1.807, 2.05) is 72.9 Å². The average molecular weight is 1590 g/mol. The molecule has 0 spiro atoms. The van der Waals surface area contributed by atoms with Gasteiger partial charge in [0.1, 0.15) is 54.3 Å². The molecule has 29 heteroatoms. The maximum absolute atomic E-state index is 13.7. The van der Waals surface area contributed by atoms with E-state index in [0.29, 0.717) is 129 Å². The summed E-state index contributed by atoms with van der Waals surface area (Å²) < 4.78 is 98.4. The summed E-state index contributed by atoms with van der Waals surface area (Å²) in [6.07, 6.45) is 15.2. The monoisotopic (exact) mass is 1590 g/mol. The van der Waals surface area contributed by atoms with Crippen molar-refractivity contribution in [2.24, 2.45) is 5.41 Å². The van der Waals surface area contributed by atoms with Gasteiger partial charge in [0, 0.05) is 80.8 Å². The lowest BCUT2D eigenvalue weighted by Crippen LogP contribution is -2.67. The number of ether oxygens (including phenoxy) is 15. The molecule has 9 rings (SSSR count). The van der Waals surface area contributed by atoms with Gasteiger partial charge in [0.05, 0.1) is 144 Å². The second-order valence-electron chi connectivity index (χ2n) is 27.7. The van der Waals surface area contributed by atoms with Crippen molar-refractivity contribution < 1.29 is 104 Å². The highest BCUT2D eigenvalue weighted by atomic mass is 28.4. The fraction of sp³-hybridized carbons (Fsp3) is 0.500. The van der Waals surface area contributed by atoms with Gasteiger partial charge in [0.2, 0.25) is 17.7 Å². The van der Waals surface area contributed by atoms with Gasteiger partial charge in [0.25, 0.3) is 26.0 Å². The lowest BCUT2D eigenvalue weighted by molar-refractivity contribution is -0.138. The van der Waals surface area contributed by atoms with E-state index >= 15 is 0 Å². The van der Waals surface area contributed by atoms with E-state index < -0.39 is 36.5 Å². The summed E-state index contributed by atoms with van der Waals surface area (Å²) in [4.78, 5) is 81.8. The fourth-order valence-corrected chi connectivity index (χ4v) is 16.7. The summed E-state index contributed by atoms with van der Waals surface area (Å²) in [5.74, 6) is 0.250. The van der Waals surface area contributed by atoms with Crippen molar-refractivity contribution in [3.8, 4) is 34.5 Å². The Kier molecular flexibility index (Phi) is 40.7. The summed E-state index contributed by atoms with van der Waals surface area (Å²) in [7, 11) is -3.29. The molecular formula is C84H114N6O22Si. The van der Waals surface area contributed by atoms with Gasteiger partial charge in [-0.15, -0.1) is 0 Å². The van der Waals surface area contributed by atoms with Crippen LogP contribution in [0.15, 0.2) is 152 Å². The molecule has 0 atom stereocenters. The summed E-state index contributed by atoms with van der Waals surface area (Å²) in [5.41, 5.74) is -0.278. The zero-order chi connectivity index (χ0) is 79.7. The van der Waals surface area contributed by atoms with Gasteiger partial charge in [0.15, 0.2) is 0 Å². The number of fused-ring (bicyclic) bond motifs is 60. The van der Waals surface area contributed by atoms with E-state index in [4.69, 9.17) is 75.5 Å². The molecule has 5 aromatic carbocycles. The first-order chi connectivity index (χ1) is 55.2. The molecule has 0 aromatic heterocycles. The Hall–Kier alpha value is -9.24. The smallest absolute Gasteiger partial charge is 0.261 e. The highest BCUT2D eigenvalue weighted by Crippen LogP contribution is 2.39. The topological polar surface area (TPSA) is 322 Å². The Morgan fingerprint density at radius 2 is 0.566 bits per heavy atom. The van der Waals surface area contributed by atoms with Gasteiger partial charge in [-0.25, -0.2) is 0 Å². The standard InChI is InChI=1S/C84H114N6O22Si/c1-83(2,3)113(75-22-12-10-13-23-75,76-24-14-11-15-25-76)112-65-84-62-103-59-77(91)85-26-38-97-44-47-100-41-29-88-80(94)66-50-69-56-71(52-66)108-34-18-6-7-20-36-110-73-54-68(82(96)90-31-43-102-49-46-99-40-28-87-79(93)61-105-64-84)55-74(58-73)111-37-21-9-8-19-35-109-72-53-67(51-70(57-72)107-33-17-5-4-16-32-106-69)81(95)89-30-42-101-48-45-98-39-27-86-78(92)60-104-63-84/h4-15,22-25,50-58H,16-21,26-49,59-65H2,1-3H3,(H,85,91)(H,86,92)(H,87,93)(H,88,94)(H,89,95)(H,90,96). The largest absolute Gasteiger partial charge is 0.493 e. The average Bonchev–Trinajstić information content (AvgIpc) is 0.744. The molecule has 4 aliphatic rings. The highest BCUT2D eigenvalue weighted by molar-refractivity contribution is 6.99. The van der Waals surface area contributed by atoms with Gasteiger partial charge in [-0.05, 0) is 90.3 Å². The number of carbonyl (C=O) groups excluding carboxylic acids is 6. The van der Waals surface area contributed by atoms with Crippen LogP contribution in [-0.4, -0.2) is 248 Å². The van der Waals surface area contributed by atoms with E-state index in [2.05, 4.69) is 76.9 Å². The number of amides is 6. The first-order valence-corrected chi connectivity index (χ1v) is 40.8. The molecule has 6 amide bonds. The highest BCUT2D eigenvalue weighted by Gasteiger charge is 2.52. The number of carbonyl (C=O) groups is 6. The van der Waals surface area contributed by atoms with E-state index in [1.54, 1.807) is 54.6 Å². The van der Waals surface area contributed by atoms with Crippen LogP contribution in [0.25, 0.3) is 0 Å². The third kappa shape index (κ3) is 33.8. The molecule has 5 aromatic rings. The molecule has 28 nitrogen and oxygen atoms in total. The van der Waals surface area contributed by atoms with Crippen LogP contribution in [0.2, 0.25) is 5.04 Å². The lowest BCUT2D eigenvalue weighted by atomic mass is 9.92. The molecule has 0 saturated carbocycles. The van der Waals surface area contributed by atoms with E-state index in [-0.39, 0.29) is 183 Å². The van der Waals surface area contributed by atoms with Crippen LogP contribution in [-0.2, 0) is 61.4 Å². The predicted molar refractivity (Wildman–Crippen MR) is 427 cm³/mol. The molecule has 0 unspecified atom stereocenters. The summed E-state index contributed by atoms with van der Waals surface area (Å²) in [6.45, 7) is 9.81. The molecule has 0 fully saturated rings. The first kappa shape index (κ1) is 89.3. The summed E-state index contributed by atoms with van der Waals surface area (Å²) in [5, 5.41) is 18.8. The van der Waals surface area contributed by atoms with Crippen LogP contribution in [0.3, 0.4) is 0 Å². The Balaban J connectivity index is 1.05. The van der Waals surface area contributed by atoms with Gasteiger partial charge < -0.3 is 107 Å². The molecule has 4 aliphatic heterocycles. The Bertz CT molecular complexity index is 3320. The minimum Gasteiger partial charge on any atom is -0.493 e. The molecule has 6 N–H and O–H groups in total. The number of hydrogen-bond acceptors (Lipinski definition) is 22. The van der Waals surface area contributed by atoms with E-state index in [0.717, 1.165) is 10.4 Å². The van der Waals surface area contributed by atoms with Crippen LogP contribution in [0, 0.1) is 5.41 Å². The van der Waals surface area contributed by atoms with Crippen molar-refractivity contribution in [3.05, 3.63) is 168 Å². The van der Waals surface area contributed by atoms with Crippen LogP contribution in [0.1, 0.15) is 90.4 Å². The maximum Gasteiger partial charge on any atom is 0.261 e. The third-order valence-electron chi connectivity index (χ3n) is 17.6. The second-order valence-corrected chi connectivity index (χ2v) is 32.0. The van der Waals surface area contributed by atoms with Crippen molar-refractivity contribution in [3.63, 3.8) is 0 Å². The zero-order valence-corrected chi connectivity index (χ0v) is 66.6. The molecule has 4 heterocycles. The van der Waals surface area contributed by atoms with Gasteiger partial charge in [-0.2, -0.15) is 0 Å². The van der Waals surface area contributed by atoms with Crippen molar-refractivity contribution in [1.82, 2.24) is 31.9 Å². The third-order valence-corrected chi connectivity index (χ3v) is 22.6. The number of nitrogens with one attached hydrogen (secondary N) is 6. The Labute approximate surface area is 664 Å². The second kappa shape index (κ2) is 51.5. The van der Waals surface area contributed by atoms with Crippen molar-refractivity contribution >= 4 is 54.1 Å². The minimum atomic E-state index is -3.29. The lowest BCUT2D eigenvalue weighted by Gasteiger charge is -2.45. The van der Waals surface area contributed by atoms with Crippen molar-refractivity contribution in [2.75, 3.05) is 204 Å². The Morgan fingerprint density at radius 1 is 0.319 bits per heavy atom. The predicted octanol–water partition coefficient (Wildman–Crippen LogP) is 6.66. The maximum atomic E-state index is 13.7. The molecule has 616 valence electrons. The molecule has 113 heavy (non-hydrogen) atoms. The number of rotatable bonds is 5. The van der Waals surface area contributed by atoms with Crippen LogP contribution < -0.4 is 70.7 Å². The Morgan fingerprint density at radius 3 is 0.814 bits per heavy atom. The first-order valence-electron chi connectivity index (χ1n) is 38.9. The van der Waals surface area contributed by atoms with Crippen molar-refractivity contribution in [2.45, 2.75) is 64.3 Å². The number of benzene rings is 5. The SMILES string of the molecule is CC(C)(C)[Si](OCC12COCC(=O)NCCOCCOCCNC(=O)c3cc4cc(c3)OCCC=CCCOc3cc(cc(c3)C(=O)NCCOCCOCCNC(=O)COC1)OCCC=CCCOc1cc(cc(c1)C(=O)NCCOCCOCCNC(=O)COC2)OCCC=CCCO4)(c1ccccc1)c1ccccc1. The van der Waals surface area contributed by atoms with E-state index in [1.165, 1.54) is 0 Å². The fourth-order valence-electron chi connectivity index (χ4n) is 12.1. The molecule has 0 saturated heterocycles.